The summed E-state index contributed by atoms with van der Waals surface area (Å²) >= 11 is 18.4. The number of nitrogens with zero attached hydrogens (tertiary/aromatic N) is 1. The van der Waals surface area contributed by atoms with Gasteiger partial charge in [0.25, 0.3) is 3.79 Å². The van der Waals surface area contributed by atoms with Crippen molar-refractivity contribution in [2.24, 2.45) is 7.05 Å². The highest BCUT2D eigenvalue weighted by Gasteiger charge is 2.34. The lowest BCUT2D eigenvalue weighted by molar-refractivity contribution is -0.366. The summed E-state index contributed by atoms with van der Waals surface area (Å²) in [6, 6.07) is 1.71. The number of hydrogen-bond donors (Lipinski definition) is 0. The van der Waals surface area contributed by atoms with Gasteiger partial charge < -0.3 is 4.57 Å². The Labute approximate surface area is 123 Å². The number of aromatic amines is 1. The lowest BCUT2D eigenvalue weighted by Gasteiger charge is -2.09. The minimum atomic E-state index is -1.93. The first-order chi connectivity index (χ1) is 8.29. The lowest BCUT2D eigenvalue weighted by Crippen LogP contribution is -2.21. The van der Waals surface area contributed by atoms with Gasteiger partial charge in [-0.1, -0.05) is 46.1 Å². The van der Waals surface area contributed by atoms with Crippen LogP contribution >= 0.6 is 46.1 Å². The maximum Gasteiger partial charge on any atom is 0.255 e. The second kappa shape index (κ2) is 4.85. The number of Topliss-reactive ketones (excluding diaryl/α,β-unsaturated/α-hetero) is 1. The molecule has 0 amide bonds. The molecule has 2 aromatic heterocycles. The largest absolute Gasteiger partial charge is 0.347 e. The number of aryl methyl sites for hydroxylation is 2. The fourth-order valence-electron chi connectivity index (χ4n) is 1.62. The van der Waals surface area contributed by atoms with Gasteiger partial charge in [0.1, 0.15) is 0 Å². The van der Waals surface area contributed by atoms with E-state index in [-0.39, 0.29) is 0 Å². The number of hydrogen-bond acceptors (Lipinski definition) is 2. The third-order valence-electron chi connectivity index (χ3n) is 2.47. The molecule has 2 heterocycles. The number of carbonyl (C=O) groups excluding carboxylic acids is 1. The highest BCUT2D eigenvalue weighted by molar-refractivity contribution is 7.09. The van der Waals surface area contributed by atoms with Crippen LogP contribution in [0.5, 0.6) is 0 Å². The van der Waals surface area contributed by atoms with Crippen LogP contribution in [0.4, 0.5) is 0 Å². The molecule has 96 valence electrons. The van der Waals surface area contributed by atoms with E-state index in [0.29, 0.717) is 5.69 Å². The first-order valence-electron chi connectivity index (χ1n) is 5.04. The van der Waals surface area contributed by atoms with Gasteiger partial charge in [0.15, 0.2) is 0 Å². The van der Waals surface area contributed by atoms with Crippen LogP contribution < -0.4 is 4.98 Å². The smallest absolute Gasteiger partial charge is 0.255 e. The molecule has 0 aliphatic heterocycles. The van der Waals surface area contributed by atoms with E-state index in [1.165, 1.54) is 0 Å². The molecule has 0 spiro atoms. The molecule has 0 aromatic carbocycles. The van der Waals surface area contributed by atoms with Gasteiger partial charge in [0, 0.05) is 20.2 Å². The molecule has 0 saturated heterocycles. The number of nitrogens with one attached hydrogen (secondary N) is 1. The van der Waals surface area contributed by atoms with Crippen LogP contribution in [0.3, 0.4) is 0 Å². The Balaban J connectivity index is 2.42. The Morgan fingerprint density at radius 1 is 1.44 bits per heavy atom. The molecule has 0 atom stereocenters. The standard InChI is InChI=1S/C11H9Cl3N2OS/c1-6-15-8(5-18-6)7-3-9(16(2)4-7)10(17)11(12,13)14/h3-5H,1-2H3/p+1. The van der Waals surface area contributed by atoms with Gasteiger partial charge in [-0.05, 0) is 6.07 Å². The zero-order valence-corrected chi connectivity index (χ0v) is 12.7. The van der Waals surface area contributed by atoms with Crippen LogP contribution in [-0.4, -0.2) is 14.1 Å². The van der Waals surface area contributed by atoms with Crippen molar-refractivity contribution in [3.8, 4) is 11.3 Å². The normalized spacial score (nSPS) is 11.8. The number of alkyl halides is 3. The Kier molecular flexibility index (Phi) is 3.74. The maximum atomic E-state index is 11.9. The summed E-state index contributed by atoms with van der Waals surface area (Å²) in [5.41, 5.74) is 2.19. The van der Waals surface area contributed by atoms with E-state index < -0.39 is 9.58 Å². The van der Waals surface area contributed by atoms with E-state index in [1.54, 1.807) is 29.0 Å². The van der Waals surface area contributed by atoms with Gasteiger partial charge >= 0.3 is 0 Å². The summed E-state index contributed by atoms with van der Waals surface area (Å²) in [4.78, 5) is 15.1. The number of halogens is 3. The van der Waals surface area contributed by atoms with E-state index in [1.807, 2.05) is 18.5 Å². The van der Waals surface area contributed by atoms with Crippen LogP contribution in [0.2, 0.25) is 0 Å². The minimum absolute atomic E-state index is 0.363. The molecule has 0 unspecified atom stereocenters. The zero-order chi connectivity index (χ0) is 13.5. The molecule has 18 heavy (non-hydrogen) atoms. The second-order valence-electron chi connectivity index (χ2n) is 3.88. The molecule has 1 N–H and O–H groups in total. The van der Waals surface area contributed by atoms with Gasteiger partial charge in [-0.2, -0.15) is 4.98 Å². The van der Waals surface area contributed by atoms with Crippen LogP contribution in [0.25, 0.3) is 11.3 Å². The molecule has 0 saturated carbocycles. The van der Waals surface area contributed by atoms with Crippen molar-refractivity contribution in [3.05, 3.63) is 28.3 Å². The van der Waals surface area contributed by atoms with Gasteiger partial charge in [-0.3, -0.25) is 4.79 Å². The molecule has 2 aromatic rings. The van der Waals surface area contributed by atoms with Crippen molar-refractivity contribution in [3.63, 3.8) is 0 Å². The van der Waals surface area contributed by atoms with Crippen LogP contribution in [0, 0.1) is 6.92 Å². The number of ketones is 1. The molecule has 0 fully saturated rings. The zero-order valence-electron chi connectivity index (χ0n) is 9.63. The van der Waals surface area contributed by atoms with Crippen molar-refractivity contribution in [1.29, 1.82) is 0 Å². The summed E-state index contributed by atoms with van der Waals surface area (Å²) in [7, 11) is 1.74. The van der Waals surface area contributed by atoms with Crippen molar-refractivity contribution >= 4 is 51.9 Å². The average molecular weight is 325 g/mol. The molecule has 0 radical (unpaired) electrons. The lowest BCUT2D eigenvalue weighted by atomic mass is 10.2. The van der Waals surface area contributed by atoms with E-state index in [2.05, 4.69) is 4.98 Å². The van der Waals surface area contributed by atoms with Crippen molar-refractivity contribution < 1.29 is 9.78 Å². The van der Waals surface area contributed by atoms with Gasteiger partial charge in [0.05, 0.1) is 16.6 Å². The van der Waals surface area contributed by atoms with Crippen LogP contribution in [-0.2, 0) is 7.05 Å². The Hall–Kier alpha value is -0.550. The maximum absolute atomic E-state index is 11.9. The Bertz CT molecular complexity index is 598. The molecule has 7 heteroatoms. The van der Waals surface area contributed by atoms with Gasteiger partial charge in [-0.15, -0.1) is 0 Å². The van der Waals surface area contributed by atoms with E-state index in [4.69, 9.17) is 34.8 Å². The quantitative estimate of drug-likeness (QED) is 0.616. The molecular weight excluding hydrogens is 315 g/mol. The summed E-state index contributed by atoms with van der Waals surface area (Å²) in [5.74, 6) is -0.534. The highest BCUT2D eigenvalue weighted by atomic mass is 35.6. The summed E-state index contributed by atoms with van der Waals surface area (Å²) in [6.07, 6.45) is 1.82. The number of rotatable bonds is 2. The van der Waals surface area contributed by atoms with Crippen molar-refractivity contribution in [1.82, 2.24) is 4.57 Å². The predicted octanol–water partition coefficient (Wildman–Crippen LogP) is 3.43. The first kappa shape index (κ1) is 13.9. The predicted molar refractivity (Wildman–Crippen MR) is 74.6 cm³/mol. The first-order valence-corrected chi connectivity index (χ1v) is 7.06. The topological polar surface area (TPSA) is 36.1 Å². The Morgan fingerprint density at radius 3 is 2.61 bits per heavy atom. The third-order valence-corrected chi connectivity index (χ3v) is 3.79. The second-order valence-corrected chi connectivity index (χ2v) is 7.25. The summed E-state index contributed by atoms with van der Waals surface area (Å²) in [5, 5.41) is 3.07. The fourth-order valence-corrected chi connectivity index (χ4v) is 2.57. The summed E-state index contributed by atoms with van der Waals surface area (Å²) < 4.78 is -0.280. The number of aromatic nitrogens is 2. The average Bonchev–Trinajstić information content (AvgIpc) is 2.82. The minimum Gasteiger partial charge on any atom is -0.347 e. The van der Waals surface area contributed by atoms with Crippen molar-refractivity contribution in [2.45, 2.75) is 10.7 Å². The monoisotopic (exact) mass is 323 g/mol. The van der Waals surface area contributed by atoms with Crippen LogP contribution in [0.1, 0.15) is 15.5 Å². The van der Waals surface area contributed by atoms with Crippen LogP contribution in [0.15, 0.2) is 17.6 Å². The fraction of sp³-hybridized carbons (Fsp3) is 0.273. The van der Waals surface area contributed by atoms with Crippen molar-refractivity contribution in [2.75, 3.05) is 0 Å². The third kappa shape index (κ3) is 2.72. The van der Waals surface area contributed by atoms with E-state index in [9.17, 15) is 4.79 Å². The molecule has 0 aliphatic carbocycles. The molecule has 0 bridgehead atoms. The Morgan fingerprint density at radius 2 is 2.11 bits per heavy atom. The molecule has 0 aliphatic rings. The van der Waals surface area contributed by atoms with Gasteiger partial charge in [-0.25, -0.2) is 0 Å². The molecule has 2 rings (SSSR count). The molecular formula is C11H10Cl3N2OS+. The summed E-state index contributed by atoms with van der Waals surface area (Å²) in [6.45, 7) is 1.98. The highest BCUT2D eigenvalue weighted by Crippen LogP contribution is 2.32. The van der Waals surface area contributed by atoms with E-state index >= 15 is 0 Å². The number of carbonyl (C=O) groups is 1. The van der Waals surface area contributed by atoms with Gasteiger partial charge in [0.2, 0.25) is 16.5 Å². The number of H-pyrrole nitrogens is 1. The molecule has 3 nitrogen and oxygen atoms in total. The SMILES string of the molecule is Cc1[nH+]c(-c2cc(C(=O)C(Cl)(Cl)Cl)n(C)c2)cs1. The van der Waals surface area contributed by atoms with E-state index in [0.717, 1.165) is 16.3 Å². The number of thiazole rings is 1.